The van der Waals surface area contributed by atoms with Crippen molar-refractivity contribution in [2.45, 2.75) is 39.3 Å². The molecule has 0 spiro atoms. The molecule has 5 nitrogen and oxygen atoms in total. The number of hydrogen-bond acceptors (Lipinski definition) is 5. The van der Waals surface area contributed by atoms with E-state index < -0.39 is 0 Å². The summed E-state index contributed by atoms with van der Waals surface area (Å²) in [7, 11) is 1.92. The monoisotopic (exact) mass is 367 g/mol. The third kappa shape index (κ3) is 4.30. The van der Waals surface area contributed by atoms with Gasteiger partial charge in [-0.3, -0.25) is 0 Å². The van der Waals surface area contributed by atoms with Crippen LogP contribution in [0.1, 0.15) is 38.6 Å². The highest BCUT2D eigenvalue weighted by Gasteiger charge is 2.25. The molecule has 0 aliphatic rings. The van der Waals surface area contributed by atoms with Crippen LogP contribution in [0.4, 0.5) is 0 Å². The van der Waals surface area contributed by atoms with Gasteiger partial charge in [0.15, 0.2) is 11.9 Å². The summed E-state index contributed by atoms with van der Waals surface area (Å²) < 4.78 is 12.4. The highest BCUT2D eigenvalue weighted by molar-refractivity contribution is 9.10. The molecular formula is C16H22BrN3O2. The fourth-order valence-electron chi connectivity index (χ4n) is 1.99. The van der Waals surface area contributed by atoms with E-state index in [0.717, 1.165) is 16.6 Å². The molecule has 2 atom stereocenters. The number of benzene rings is 1. The number of hydrogen-bond donors (Lipinski definition) is 1. The van der Waals surface area contributed by atoms with Crippen molar-refractivity contribution in [3.8, 4) is 5.75 Å². The van der Waals surface area contributed by atoms with Gasteiger partial charge in [0.2, 0.25) is 0 Å². The summed E-state index contributed by atoms with van der Waals surface area (Å²) in [5.41, 5.74) is 0. The quantitative estimate of drug-likeness (QED) is 0.807. The molecule has 1 aromatic carbocycles. The van der Waals surface area contributed by atoms with Crippen LogP contribution >= 0.6 is 15.9 Å². The number of nitrogens with zero attached hydrogens (tertiary/aromatic N) is 2. The van der Waals surface area contributed by atoms with Gasteiger partial charge >= 0.3 is 0 Å². The van der Waals surface area contributed by atoms with E-state index in [4.69, 9.17) is 9.26 Å². The highest BCUT2D eigenvalue weighted by Crippen LogP contribution is 2.32. The summed E-state index contributed by atoms with van der Waals surface area (Å²) >= 11 is 3.49. The SMILES string of the molecule is CNC(C)Cc1noc(C(Oc2ccccc2Br)C(C)C)n1. The van der Waals surface area contributed by atoms with E-state index in [0.29, 0.717) is 17.8 Å². The second-order valence-electron chi connectivity index (χ2n) is 5.66. The number of aromatic nitrogens is 2. The second-order valence-corrected chi connectivity index (χ2v) is 6.51. The third-order valence-electron chi connectivity index (χ3n) is 3.40. The van der Waals surface area contributed by atoms with Crippen LogP contribution in [-0.2, 0) is 6.42 Å². The zero-order valence-corrected chi connectivity index (χ0v) is 14.9. The minimum atomic E-state index is -0.273. The van der Waals surface area contributed by atoms with Crippen LogP contribution in [0.25, 0.3) is 0 Å². The average Bonchev–Trinajstić information content (AvgIpc) is 2.94. The van der Waals surface area contributed by atoms with Crippen LogP contribution in [0.15, 0.2) is 33.3 Å². The number of halogens is 1. The molecule has 0 saturated heterocycles. The summed E-state index contributed by atoms with van der Waals surface area (Å²) in [6.45, 7) is 6.22. The molecule has 0 radical (unpaired) electrons. The Hall–Kier alpha value is -1.40. The molecule has 1 heterocycles. The van der Waals surface area contributed by atoms with Crippen molar-refractivity contribution in [2.24, 2.45) is 5.92 Å². The molecule has 0 bridgehead atoms. The Morgan fingerprint density at radius 1 is 1.27 bits per heavy atom. The van der Waals surface area contributed by atoms with Gasteiger partial charge in [-0.05, 0) is 48.0 Å². The van der Waals surface area contributed by atoms with Crippen molar-refractivity contribution in [1.29, 1.82) is 0 Å². The first-order valence-corrected chi connectivity index (χ1v) is 8.21. The number of para-hydroxylation sites is 1. The first-order chi connectivity index (χ1) is 10.5. The van der Waals surface area contributed by atoms with Gasteiger partial charge in [-0.2, -0.15) is 4.98 Å². The van der Waals surface area contributed by atoms with Gasteiger partial charge in [-0.15, -0.1) is 0 Å². The third-order valence-corrected chi connectivity index (χ3v) is 4.06. The zero-order valence-electron chi connectivity index (χ0n) is 13.3. The first-order valence-electron chi connectivity index (χ1n) is 7.42. The molecule has 120 valence electrons. The Labute approximate surface area is 139 Å². The molecule has 2 unspecified atom stereocenters. The van der Waals surface area contributed by atoms with Crippen molar-refractivity contribution >= 4 is 15.9 Å². The topological polar surface area (TPSA) is 60.2 Å². The van der Waals surface area contributed by atoms with Gasteiger partial charge < -0.3 is 14.6 Å². The highest BCUT2D eigenvalue weighted by atomic mass is 79.9. The van der Waals surface area contributed by atoms with Gasteiger partial charge in [-0.1, -0.05) is 31.1 Å². The maximum absolute atomic E-state index is 6.08. The number of ether oxygens (including phenoxy) is 1. The smallest absolute Gasteiger partial charge is 0.267 e. The lowest BCUT2D eigenvalue weighted by atomic mass is 10.1. The van der Waals surface area contributed by atoms with E-state index >= 15 is 0 Å². The Morgan fingerprint density at radius 2 is 2.00 bits per heavy atom. The molecule has 0 amide bonds. The summed E-state index contributed by atoms with van der Waals surface area (Å²) in [4.78, 5) is 4.49. The number of rotatable bonds is 7. The van der Waals surface area contributed by atoms with E-state index in [2.05, 4.69) is 52.2 Å². The van der Waals surface area contributed by atoms with Crippen molar-refractivity contribution < 1.29 is 9.26 Å². The lowest BCUT2D eigenvalue weighted by molar-refractivity contribution is 0.113. The molecule has 22 heavy (non-hydrogen) atoms. The fraction of sp³-hybridized carbons (Fsp3) is 0.500. The minimum absolute atomic E-state index is 0.210. The van der Waals surface area contributed by atoms with Crippen LogP contribution in [-0.4, -0.2) is 23.2 Å². The predicted octanol–water partition coefficient (Wildman–Crippen LogP) is 3.76. The Balaban J connectivity index is 2.16. The van der Waals surface area contributed by atoms with Gasteiger partial charge in [-0.25, -0.2) is 0 Å². The van der Waals surface area contributed by atoms with E-state index in [1.807, 2.05) is 31.3 Å². The van der Waals surface area contributed by atoms with E-state index in [1.165, 1.54) is 0 Å². The van der Waals surface area contributed by atoms with Crippen LogP contribution in [0.5, 0.6) is 5.75 Å². The Morgan fingerprint density at radius 3 is 2.64 bits per heavy atom. The van der Waals surface area contributed by atoms with E-state index in [9.17, 15) is 0 Å². The second kappa shape index (κ2) is 7.74. The van der Waals surface area contributed by atoms with Gasteiger partial charge in [0.05, 0.1) is 4.47 Å². The number of likely N-dealkylation sites (N-methyl/N-ethyl adjacent to an activating group) is 1. The first kappa shape index (κ1) is 17.0. The van der Waals surface area contributed by atoms with Crippen LogP contribution in [0.3, 0.4) is 0 Å². The minimum Gasteiger partial charge on any atom is -0.479 e. The van der Waals surface area contributed by atoms with Gasteiger partial charge in [0.1, 0.15) is 5.75 Å². The van der Waals surface area contributed by atoms with Crippen molar-refractivity contribution in [3.05, 3.63) is 40.5 Å². The predicted molar refractivity (Wildman–Crippen MR) is 88.9 cm³/mol. The summed E-state index contributed by atoms with van der Waals surface area (Å²) in [6.07, 6.45) is 0.449. The van der Waals surface area contributed by atoms with Crippen molar-refractivity contribution in [2.75, 3.05) is 7.05 Å². The summed E-state index contributed by atoms with van der Waals surface area (Å²) in [5.74, 6) is 2.19. The number of nitrogens with one attached hydrogen (secondary N) is 1. The molecule has 2 rings (SSSR count). The van der Waals surface area contributed by atoms with Crippen LogP contribution in [0, 0.1) is 5.92 Å². The maximum atomic E-state index is 6.08. The largest absolute Gasteiger partial charge is 0.479 e. The maximum Gasteiger partial charge on any atom is 0.267 e. The lowest BCUT2D eigenvalue weighted by Crippen LogP contribution is -2.24. The standard InChI is InChI=1S/C16H22BrN3O2/c1-10(2)15(21-13-8-6-5-7-12(13)17)16-19-14(20-22-16)9-11(3)18-4/h5-8,10-11,15,18H,9H2,1-4H3. The van der Waals surface area contributed by atoms with E-state index in [-0.39, 0.29) is 12.0 Å². The molecule has 1 N–H and O–H groups in total. The van der Waals surface area contributed by atoms with E-state index in [1.54, 1.807) is 0 Å². The lowest BCUT2D eigenvalue weighted by Gasteiger charge is -2.19. The molecule has 0 aliphatic carbocycles. The molecule has 0 saturated carbocycles. The normalized spacial score (nSPS) is 14.1. The summed E-state index contributed by atoms with van der Waals surface area (Å²) in [5, 5.41) is 7.22. The summed E-state index contributed by atoms with van der Waals surface area (Å²) in [6, 6.07) is 8.05. The molecule has 0 aliphatic heterocycles. The zero-order chi connectivity index (χ0) is 16.1. The average molecular weight is 368 g/mol. The molecule has 6 heteroatoms. The molecule has 1 aromatic heterocycles. The molecule has 0 fully saturated rings. The molecular weight excluding hydrogens is 346 g/mol. The van der Waals surface area contributed by atoms with Gasteiger partial charge in [0, 0.05) is 12.5 Å². The fourth-order valence-corrected chi connectivity index (χ4v) is 2.37. The Kier molecular flexibility index (Phi) is 5.97. The Bertz CT molecular complexity index is 601. The van der Waals surface area contributed by atoms with Crippen LogP contribution in [0.2, 0.25) is 0 Å². The van der Waals surface area contributed by atoms with Crippen molar-refractivity contribution in [1.82, 2.24) is 15.5 Å². The molecule has 2 aromatic rings. The van der Waals surface area contributed by atoms with Crippen molar-refractivity contribution in [3.63, 3.8) is 0 Å². The van der Waals surface area contributed by atoms with Gasteiger partial charge in [0.25, 0.3) is 5.89 Å². The van der Waals surface area contributed by atoms with Crippen LogP contribution < -0.4 is 10.1 Å².